The Labute approximate surface area is 218 Å². The lowest BCUT2D eigenvalue weighted by molar-refractivity contribution is 0.124. The molecule has 3 N–H and O–H groups in total. The fourth-order valence-corrected chi connectivity index (χ4v) is 5.02. The lowest BCUT2D eigenvalue weighted by atomic mass is 9.88. The molecule has 12 nitrogen and oxygen atoms in total. The van der Waals surface area contributed by atoms with Gasteiger partial charge in [0, 0.05) is 42.8 Å². The Kier molecular flexibility index (Phi) is 5.89. The van der Waals surface area contributed by atoms with E-state index in [4.69, 9.17) is 4.98 Å². The average Bonchev–Trinajstić information content (AvgIpc) is 3.51. The normalized spacial score (nSPS) is 19.2. The molecule has 3 aliphatic rings. The van der Waals surface area contributed by atoms with Crippen LogP contribution in [0.4, 0.5) is 26.8 Å². The lowest BCUT2D eigenvalue weighted by Crippen LogP contribution is -2.71. The van der Waals surface area contributed by atoms with Gasteiger partial charge in [0.25, 0.3) is 0 Å². The number of piperazine rings is 1. The van der Waals surface area contributed by atoms with E-state index < -0.39 is 5.82 Å². The van der Waals surface area contributed by atoms with E-state index in [2.05, 4.69) is 40.8 Å². The van der Waals surface area contributed by atoms with Crippen LogP contribution in [0.25, 0.3) is 5.82 Å². The summed E-state index contributed by atoms with van der Waals surface area (Å²) in [6, 6.07) is 7.36. The number of aryl methyl sites for hydroxylation is 2. The average molecular weight is 518 g/mol. The van der Waals surface area contributed by atoms with E-state index in [-0.39, 0.29) is 24.2 Å². The molecule has 0 aliphatic carbocycles. The number of piperidine rings is 1. The first-order chi connectivity index (χ1) is 18.3. The summed E-state index contributed by atoms with van der Waals surface area (Å²) in [5.74, 6) is 2.13. The number of anilines is 3. The number of nitrogens with zero attached hydrogens (tertiary/aromatic N) is 8. The van der Waals surface area contributed by atoms with Crippen LogP contribution in [0.5, 0.6) is 0 Å². The molecule has 3 fully saturated rings. The number of aromatic nitrogens is 7. The SMILES string of the molecule is Cc1cc(Nc2cc(C)[nH]n2)nc(N2C3CC2CN(C(=O)N[C@@H](C)c2ccc(-n4cc(F)cn4)nc2)C3)n1. The lowest BCUT2D eigenvalue weighted by Gasteiger charge is -2.56. The molecule has 3 aliphatic heterocycles. The second-order valence-electron chi connectivity index (χ2n) is 9.84. The van der Waals surface area contributed by atoms with Crippen LogP contribution < -0.4 is 15.5 Å². The molecular formula is C25H28FN11O. The highest BCUT2D eigenvalue weighted by Crippen LogP contribution is 2.36. The molecule has 13 heteroatoms. The molecule has 38 heavy (non-hydrogen) atoms. The molecule has 0 saturated carbocycles. The maximum absolute atomic E-state index is 13.2. The van der Waals surface area contributed by atoms with Crippen molar-refractivity contribution in [3.05, 3.63) is 65.6 Å². The molecule has 196 valence electrons. The van der Waals surface area contributed by atoms with Gasteiger partial charge in [0.2, 0.25) is 5.95 Å². The van der Waals surface area contributed by atoms with Crippen molar-refractivity contribution >= 4 is 23.6 Å². The summed E-state index contributed by atoms with van der Waals surface area (Å²) >= 11 is 0. The Hall–Kier alpha value is -4.55. The zero-order valence-electron chi connectivity index (χ0n) is 21.3. The number of pyridine rings is 1. The van der Waals surface area contributed by atoms with Crippen LogP contribution in [0.3, 0.4) is 0 Å². The fourth-order valence-electron chi connectivity index (χ4n) is 5.02. The predicted molar refractivity (Wildman–Crippen MR) is 138 cm³/mol. The van der Waals surface area contributed by atoms with Gasteiger partial charge in [0.05, 0.1) is 30.5 Å². The molecule has 3 saturated heterocycles. The monoisotopic (exact) mass is 517 g/mol. The Morgan fingerprint density at radius 3 is 2.61 bits per heavy atom. The molecule has 2 bridgehead atoms. The number of rotatable bonds is 6. The van der Waals surface area contributed by atoms with Crippen molar-refractivity contribution in [2.75, 3.05) is 23.3 Å². The summed E-state index contributed by atoms with van der Waals surface area (Å²) in [6.45, 7) is 6.98. The summed E-state index contributed by atoms with van der Waals surface area (Å²) in [7, 11) is 0. The minimum atomic E-state index is -0.426. The molecule has 0 aromatic carbocycles. The molecule has 0 spiro atoms. The Morgan fingerprint density at radius 2 is 1.95 bits per heavy atom. The van der Waals surface area contributed by atoms with Crippen LogP contribution >= 0.6 is 0 Å². The smallest absolute Gasteiger partial charge is 0.318 e. The van der Waals surface area contributed by atoms with Gasteiger partial charge in [0.15, 0.2) is 17.5 Å². The van der Waals surface area contributed by atoms with Gasteiger partial charge in [0.1, 0.15) is 5.82 Å². The quantitative estimate of drug-likeness (QED) is 0.356. The first-order valence-electron chi connectivity index (χ1n) is 12.5. The second kappa shape index (κ2) is 9.39. The van der Waals surface area contributed by atoms with Crippen molar-refractivity contribution in [3.63, 3.8) is 0 Å². The van der Waals surface area contributed by atoms with E-state index in [1.807, 2.05) is 43.9 Å². The van der Waals surface area contributed by atoms with Gasteiger partial charge >= 0.3 is 6.03 Å². The Balaban J connectivity index is 1.07. The maximum Gasteiger partial charge on any atom is 0.318 e. The third kappa shape index (κ3) is 4.62. The standard InChI is InChI=1S/C25H28FN11O/c1-14-6-21(31-22-7-15(2)33-34-22)32-24(29-14)37-19-8-20(37)13-35(12-19)25(38)30-16(3)17-4-5-23(27-9-17)36-11-18(26)10-28-36/h4-7,9-11,16,19-20H,8,12-13H2,1-3H3,(H,30,38)(H2,29,31,32,33,34)/t16-,19?,20?/m0/s1. The van der Waals surface area contributed by atoms with Gasteiger partial charge in [-0.05, 0) is 38.8 Å². The largest absolute Gasteiger partial charge is 0.331 e. The predicted octanol–water partition coefficient (Wildman–Crippen LogP) is 3.01. The Bertz CT molecular complexity index is 1450. The zero-order chi connectivity index (χ0) is 26.4. The molecule has 7 rings (SSSR count). The number of hydrogen-bond donors (Lipinski definition) is 3. The van der Waals surface area contributed by atoms with Gasteiger partial charge in [-0.25, -0.2) is 23.8 Å². The van der Waals surface area contributed by atoms with Crippen molar-refractivity contribution in [2.24, 2.45) is 0 Å². The topological polar surface area (TPSA) is 133 Å². The number of urea groups is 1. The van der Waals surface area contributed by atoms with E-state index >= 15 is 0 Å². The number of fused-ring (bicyclic) bond motifs is 2. The van der Waals surface area contributed by atoms with Crippen molar-refractivity contribution in [1.29, 1.82) is 0 Å². The number of hydrogen-bond acceptors (Lipinski definition) is 8. The van der Waals surface area contributed by atoms with Crippen LogP contribution in [-0.4, -0.2) is 71.0 Å². The summed E-state index contributed by atoms with van der Waals surface area (Å²) in [5.41, 5.74) is 2.66. The number of H-pyrrole nitrogens is 1. The summed E-state index contributed by atoms with van der Waals surface area (Å²) in [6.07, 6.45) is 5.06. The maximum atomic E-state index is 13.2. The second-order valence-corrected chi connectivity index (χ2v) is 9.84. The van der Waals surface area contributed by atoms with E-state index in [1.165, 1.54) is 10.9 Å². The van der Waals surface area contributed by atoms with Gasteiger partial charge < -0.3 is 20.4 Å². The molecule has 0 radical (unpaired) electrons. The van der Waals surface area contributed by atoms with E-state index in [0.29, 0.717) is 36.5 Å². The number of carbonyl (C=O) groups excluding carboxylic acids is 1. The molecule has 3 atom stereocenters. The van der Waals surface area contributed by atoms with Crippen molar-refractivity contribution in [1.82, 2.24) is 45.1 Å². The third-order valence-corrected chi connectivity index (χ3v) is 6.91. The Morgan fingerprint density at radius 1 is 1.13 bits per heavy atom. The van der Waals surface area contributed by atoms with Crippen LogP contribution in [0.15, 0.2) is 42.9 Å². The van der Waals surface area contributed by atoms with Crippen LogP contribution in [0.2, 0.25) is 0 Å². The number of halogens is 1. The van der Waals surface area contributed by atoms with E-state index in [9.17, 15) is 9.18 Å². The highest BCUT2D eigenvalue weighted by molar-refractivity contribution is 5.75. The van der Waals surface area contributed by atoms with E-state index in [0.717, 1.165) is 29.6 Å². The molecule has 7 heterocycles. The molecular weight excluding hydrogens is 489 g/mol. The molecule has 4 aromatic heterocycles. The van der Waals surface area contributed by atoms with Crippen LogP contribution in [-0.2, 0) is 0 Å². The van der Waals surface area contributed by atoms with Gasteiger partial charge in [-0.1, -0.05) is 6.07 Å². The highest BCUT2D eigenvalue weighted by Gasteiger charge is 2.47. The highest BCUT2D eigenvalue weighted by atomic mass is 19.1. The summed E-state index contributed by atoms with van der Waals surface area (Å²) < 4.78 is 14.6. The van der Waals surface area contributed by atoms with Gasteiger partial charge in [-0.15, -0.1) is 0 Å². The van der Waals surface area contributed by atoms with E-state index in [1.54, 1.807) is 12.3 Å². The molecule has 2 amide bonds. The summed E-state index contributed by atoms with van der Waals surface area (Å²) in [5, 5.41) is 17.4. The zero-order valence-corrected chi connectivity index (χ0v) is 21.3. The molecule has 2 unspecified atom stereocenters. The summed E-state index contributed by atoms with van der Waals surface area (Å²) in [4.78, 5) is 30.9. The number of amides is 2. The van der Waals surface area contributed by atoms with Gasteiger partial charge in [-0.3, -0.25) is 5.10 Å². The van der Waals surface area contributed by atoms with Crippen molar-refractivity contribution in [2.45, 2.75) is 45.3 Å². The molecule has 4 aromatic rings. The van der Waals surface area contributed by atoms with Crippen LogP contribution in [0.1, 0.15) is 36.3 Å². The van der Waals surface area contributed by atoms with Gasteiger partial charge in [-0.2, -0.15) is 15.2 Å². The number of aromatic amines is 1. The fraction of sp³-hybridized carbons (Fsp3) is 0.360. The first kappa shape index (κ1) is 23.8. The van der Waals surface area contributed by atoms with Crippen LogP contribution in [0, 0.1) is 19.7 Å². The van der Waals surface area contributed by atoms with Crippen molar-refractivity contribution in [3.8, 4) is 5.82 Å². The minimum Gasteiger partial charge on any atom is -0.331 e. The minimum absolute atomic E-state index is 0.119. The van der Waals surface area contributed by atoms with Crippen molar-refractivity contribution < 1.29 is 9.18 Å². The third-order valence-electron chi connectivity index (χ3n) is 6.91. The number of carbonyl (C=O) groups is 1. The first-order valence-corrected chi connectivity index (χ1v) is 12.5. The number of nitrogens with one attached hydrogen (secondary N) is 3.